The largest absolute Gasteiger partial charge is 0.507 e. The zero-order chi connectivity index (χ0) is 20.5. The molecule has 1 saturated heterocycles. The van der Waals surface area contributed by atoms with Gasteiger partial charge in [0.1, 0.15) is 28.2 Å². The molecule has 1 aromatic heterocycles. The second-order valence-electron chi connectivity index (χ2n) is 7.51. The Labute approximate surface area is 168 Å². The molecule has 0 saturated carbocycles. The van der Waals surface area contributed by atoms with Crippen LogP contribution < -0.4 is 5.43 Å². The Kier molecular flexibility index (Phi) is 5.13. The van der Waals surface area contributed by atoms with E-state index in [1.54, 1.807) is 6.08 Å². The number of phenolic OH excluding ortho intramolecular Hbond substituents is 2. The summed E-state index contributed by atoms with van der Waals surface area (Å²) in [6.45, 7) is 1.19. The third-order valence-corrected chi connectivity index (χ3v) is 5.41. The molecule has 0 aliphatic carbocycles. The summed E-state index contributed by atoms with van der Waals surface area (Å²) in [6, 6.07) is 12.0. The molecule has 0 radical (unpaired) electrons. The van der Waals surface area contributed by atoms with E-state index < -0.39 is 17.5 Å². The van der Waals surface area contributed by atoms with Gasteiger partial charge < -0.3 is 24.6 Å². The topological polar surface area (TPSA) is 94.1 Å². The van der Waals surface area contributed by atoms with E-state index in [1.165, 1.54) is 6.07 Å². The highest BCUT2D eigenvalue weighted by atomic mass is 16.3. The number of hydrogen-bond donors (Lipinski definition) is 3. The molecule has 0 amide bonds. The Morgan fingerprint density at radius 3 is 2.59 bits per heavy atom. The van der Waals surface area contributed by atoms with E-state index in [1.807, 2.05) is 48.4 Å². The lowest BCUT2D eigenvalue weighted by Crippen LogP contribution is -2.40. The molecule has 6 nitrogen and oxygen atoms in total. The normalized spacial score (nSPS) is 20.5. The number of aliphatic hydroxyl groups is 1. The first-order valence-corrected chi connectivity index (χ1v) is 9.56. The maximum atomic E-state index is 12.7. The van der Waals surface area contributed by atoms with Crippen molar-refractivity contribution < 1.29 is 19.7 Å². The quantitative estimate of drug-likeness (QED) is 0.633. The van der Waals surface area contributed by atoms with Crippen molar-refractivity contribution in [1.82, 2.24) is 4.90 Å². The van der Waals surface area contributed by atoms with Crippen LogP contribution in [-0.2, 0) is 0 Å². The lowest BCUT2D eigenvalue weighted by atomic mass is 9.85. The Morgan fingerprint density at radius 1 is 1.10 bits per heavy atom. The molecule has 2 atom stereocenters. The molecule has 3 aromatic rings. The van der Waals surface area contributed by atoms with E-state index in [0.717, 1.165) is 18.2 Å². The Bertz CT molecular complexity index is 1120. The van der Waals surface area contributed by atoms with Crippen LogP contribution >= 0.6 is 0 Å². The number of aromatic hydroxyl groups is 2. The summed E-state index contributed by atoms with van der Waals surface area (Å²) in [6.07, 6.45) is 3.36. The van der Waals surface area contributed by atoms with E-state index in [2.05, 4.69) is 0 Å². The van der Waals surface area contributed by atoms with Gasteiger partial charge in [-0.1, -0.05) is 36.4 Å². The minimum atomic E-state index is -0.721. The molecule has 1 aliphatic heterocycles. The van der Waals surface area contributed by atoms with Crippen molar-refractivity contribution in [1.29, 1.82) is 0 Å². The van der Waals surface area contributed by atoms with Crippen LogP contribution in [-0.4, -0.2) is 46.5 Å². The molecule has 2 aromatic carbocycles. The molecule has 2 heterocycles. The lowest BCUT2D eigenvalue weighted by Gasteiger charge is -2.34. The second kappa shape index (κ2) is 7.73. The van der Waals surface area contributed by atoms with Gasteiger partial charge in [-0.25, -0.2) is 0 Å². The highest BCUT2D eigenvalue weighted by Gasteiger charge is 2.32. The van der Waals surface area contributed by atoms with Gasteiger partial charge in [-0.3, -0.25) is 4.79 Å². The van der Waals surface area contributed by atoms with Crippen LogP contribution in [0.15, 0.2) is 51.7 Å². The molecule has 2 unspecified atom stereocenters. The number of benzene rings is 2. The number of β-amino-alcohol motifs (C(OH)–C–C–N with tert-alkyl or cyclic N) is 1. The van der Waals surface area contributed by atoms with E-state index in [9.17, 15) is 20.1 Å². The van der Waals surface area contributed by atoms with Gasteiger partial charge in [-0.2, -0.15) is 0 Å². The van der Waals surface area contributed by atoms with Crippen molar-refractivity contribution in [2.24, 2.45) is 0 Å². The Balaban J connectivity index is 1.86. The van der Waals surface area contributed by atoms with E-state index in [-0.39, 0.29) is 22.5 Å². The second-order valence-corrected chi connectivity index (χ2v) is 7.51. The van der Waals surface area contributed by atoms with Gasteiger partial charge in [0.15, 0.2) is 5.43 Å². The highest BCUT2D eigenvalue weighted by molar-refractivity contribution is 5.89. The van der Waals surface area contributed by atoms with Crippen LogP contribution in [0.1, 0.15) is 29.2 Å². The maximum absolute atomic E-state index is 12.7. The van der Waals surface area contributed by atoms with E-state index in [0.29, 0.717) is 24.3 Å². The van der Waals surface area contributed by atoms with Crippen molar-refractivity contribution in [3.8, 4) is 11.5 Å². The molecular weight excluding hydrogens is 370 g/mol. The number of fused-ring (bicyclic) bond motifs is 1. The third-order valence-electron chi connectivity index (χ3n) is 5.41. The SMILES string of the molecule is CN1CCC(c2c(O)cc(O)c3c(=O)cc(/C=C/c4ccccc4)oc23)C(O)C1. The number of aliphatic hydroxyl groups excluding tert-OH is 1. The predicted octanol–water partition coefficient (Wildman–Crippen LogP) is 3.15. The number of rotatable bonds is 3. The van der Waals surface area contributed by atoms with Crippen LogP contribution in [0.25, 0.3) is 23.1 Å². The van der Waals surface area contributed by atoms with Crippen molar-refractivity contribution in [3.05, 3.63) is 69.6 Å². The minimum Gasteiger partial charge on any atom is -0.507 e. The third kappa shape index (κ3) is 3.77. The first-order valence-electron chi connectivity index (χ1n) is 9.56. The van der Waals surface area contributed by atoms with E-state index >= 15 is 0 Å². The summed E-state index contributed by atoms with van der Waals surface area (Å²) >= 11 is 0. The van der Waals surface area contributed by atoms with Crippen LogP contribution in [0, 0.1) is 0 Å². The highest BCUT2D eigenvalue weighted by Crippen LogP contribution is 2.41. The maximum Gasteiger partial charge on any atom is 0.197 e. The van der Waals surface area contributed by atoms with Crippen molar-refractivity contribution in [3.63, 3.8) is 0 Å². The van der Waals surface area contributed by atoms with Gasteiger partial charge in [0.2, 0.25) is 0 Å². The fraction of sp³-hybridized carbons (Fsp3) is 0.261. The molecule has 6 heteroatoms. The monoisotopic (exact) mass is 393 g/mol. The number of phenols is 2. The van der Waals surface area contributed by atoms with Crippen LogP contribution in [0.5, 0.6) is 11.5 Å². The number of hydrogen-bond acceptors (Lipinski definition) is 6. The molecule has 1 aliphatic rings. The summed E-state index contributed by atoms with van der Waals surface area (Å²) in [5, 5.41) is 31.4. The number of likely N-dealkylation sites (N-methyl/N-ethyl adjacent to an activating group) is 1. The van der Waals surface area contributed by atoms with Gasteiger partial charge in [-0.15, -0.1) is 0 Å². The number of likely N-dealkylation sites (tertiary alicyclic amines) is 1. The van der Waals surface area contributed by atoms with Gasteiger partial charge >= 0.3 is 0 Å². The smallest absolute Gasteiger partial charge is 0.197 e. The zero-order valence-electron chi connectivity index (χ0n) is 16.1. The Hall–Kier alpha value is -3.09. The summed E-state index contributed by atoms with van der Waals surface area (Å²) in [4.78, 5) is 14.7. The number of nitrogens with zero attached hydrogens (tertiary/aromatic N) is 1. The predicted molar refractivity (Wildman–Crippen MR) is 112 cm³/mol. The molecule has 1 fully saturated rings. The van der Waals surface area contributed by atoms with Crippen LogP contribution in [0.2, 0.25) is 0 Å². The fourth-order valence-electron chi connectivity index (χ4n) is 3.95. The zero-order valence-corrected chi connectivity index (χ0v) is 16.1. The van der Waals surface area contributed by atoms with Gasteiger partial charge in [0.05, 0.1) is 6.10 Å². The van der Waals surface area contributed by atoms with Gasteiger partial charge in [0.25, 0.3) is 0 Å². The molecule has 0 spiro atoms. The molecular formula is C23H23NO5. The average Bonchev–Trinajstić information content (AvgIpc) is 2.68. The first kappa shape index (κ1) is 19.2. The standard InChI is InChI=1S/C23H23NO5/c1-24-10-9-16(20(28)13-24)21-18(26)12-19(27)22-17(25)11-15(29-23(21)22)8-7-14-5-3-2-4-6-14/h2-8,11-12,16,20,26-28H,9-10,13H2,1H3/b8-7+. The molecule has 0 bridgehead atoms. The average molecular weight is 393 g/mol. The van der Waals surface area contributed by atoms with Crippen molar-refractivity contribution in [2.45, 2.75) is 18.4 Å². The van der Waals surface area contributed by atoms with Gasteiger partial charge in [-0.05, 0) is 31.7 Å². The molecule has 4 rings (SSSR count). The van der Waals surface area contributed by atoms with Crippen LogP contribution in [0.4, 0.5) is 0 Å². The Morgan fingerprint density at radius 2 is 1.86 bits per heavy atom. The summed E-state index contributed by atoms with van der Waals surface area (Å²) in [5.74, 6) is -0.613. The van der Waals surface area contributed by atoms with Crippen molar-refractivity contribution >= 4 is 23.1 Å². The molecule has 29 heavy (non-hydrogen) atoms. The van der Waals surface area contributed by atoms with E-state index in [4.69, 9.17) is 4.42 Å². The fourth-order valence-corrected chi connectivity index (χ4v) is 3.95. The van der Waals surface area contributed by atoms with Crippen LogP contribution in [0.3, 0.4) is 0 Å². The minimum absolute atomic E-state index is 0.0146. The van der Waals surface area contributed by atoms with Gasteiger partial charge in [0, 0.05) is 30.2 Å². The summed E-state index contributed by atoms with van der Waals surface area (Å²) in [7, 11) is 1.92. The summed E-state index contributed by atoms with van der Waals surface area (Å²) in [5.41, 5.74) is 1.03. The molecule has 150 valence electrons. The summed E-state index contributed by atoms with van der Waals surface area (Å²) < 4.78 is 5.95. The lowest BCUT2D eigenvalue weighted by molar-refractivity contribution is 0.0630. The first-order chi connectivity index (χ1) is 13.9. The number of piperidine rings is 1. The van der Waals surface area contributed by atoms with Crippen molar-refractivity contribution in [2.75, 3.05) is 20.1 Å². The molecule has 3 N–H and O–H groups in total.